The number of hydrogen-bond donors (Lipinski definition) is 0. The SMILES string of the molecule is COc1ccc(-c2cn(C)c3c(OCC4CC4)ccc(F)c3c2=O)cc1. The Balaban J connectivity index is 1.87. The monoisotopic (exact) mass is 353 g/mol. The van der Waals surface area contributed by atoms with Gasteiger partial charge in [0.15, 0.2) is 5.43 Å². The largest absolute Gasteiger partial charge is 0.497 e. The third kappa shape index (κ3) is 2.94. The molecule has 0 atom stereocenters. The van der Waals surface area contributed by atoms with Crippen LogP contribution in [0.4, 0.5) is 4.39 Å². The molecule has 1 saturated carbocycles. The van der Waals surface area contributed by atoms with Crippen molar-refractivity contribution >= 4 is 10.9 Å². The van der Waals surface area contributed by atoms with Gasteiger partial charge < -0.3 is 14.0 Å². The van der Waals surface area contributed by atoms with E-state index in [9.17, 15) is 9.18 Å². The van der Waals surface area contributed by atoms with Gasteiger partial charge in [0.25, 0.3) is 0 Å². The molecule has 2 aromatic carbocycles. The van der Waals surface area contributed by atoms with Crippen molar-refractivity contribution < 1.29 is 13.9 Å². The first-order valence-electron chi connectivity index (χ1n) is 8.67. The van der Waals surface area contributed by atoms with E-state index >= 15 is 0 Å². The molecule has 0 bridgehead atoms. The molecule has 1 fully saturated rings. The highest BCUT2D eigenvalue weighted by atomic mass is 19.1. The summed E-state index contributed by atoms with van der Waals surface area (Å²) in [7, 11) is 3.39. The van der Waals surface area contributed by atoms with Gasteiger partial charge in [-0.2, -0.15) is 0 Å². The number of nitrogens with zero attached hydrogens (tertiary/aromatic N) is 1. The molecule has 3 aromatic rings. The predicted octanol–water partition coefficient (Wildman–Crippen LogP) is 4.14. The summed E-state index contributed by atoms with van der Waals surface area (Å²) >= 11 is 0. The molecule has 0 radical (unpaired) electrons. The molecule has 0 unspecified atom stereocenters. The van der Waals surface area contributed by atoms with Crippen LogP contribution < -0.4 is 14.9 Å². The fourth-order valence-electron chi connectivity index (χ4n) is 3.15. The van der Waals surface area contributed by atoms with Gasteiger partial charge in [-0.25, -0.2) is 4.39 Å². The van der Waals surface area contributed by atoms with E-state index < -0.39 is 5.82 Å². The lowest BCUT2D eigenvalue weighted by Gasteiger charge is -2.15. The summed E-state index contributed by atoms with van der Waals surface area (Å²) < 4.78 is 27.3. The molecular formula is C21H20FNO3. The first-order chi connectivity index (χ1) is 12.6. The molecule has 134 valence electrons. The number of halogens is 1. The van der Waals surface area contributed by atoms with Crippen molar-refractivity contribution in [2.45, 2.75) is 12.8 Å². The molecule has 1 aliphatic carbocycles. The zero-order valence-electron chi connectivity index (χ0n) is 14.8. The molecule has 5 heteroatoms. The van der Waals surface area contributed by atoms with E-state index in [1.165, 1.54) is 18.9 Å². The van der Waals surface area contributed by atoms with Crippen LogP contribution in [0.2, 0.25) is 0 Å². The molecule has 4 nitrogen and oxygen atoms in total. The topological polar surface area (TPSA) is 40.5 Å². The molecule has 0 aliphatic heterocycles. The summed E-state index contributed by atoms with van der Waals surface area (Å²) in [5.41, 5.74) is 1.32. The Morgan fingerprint density at radius 1 is 1.15 bits per heavy atom. The Morgan fingerprint density at radius 3 is 2.54 bits per heavy atom. The van der Waals surface area contributed by atoms with Gasteiger partial charge in [0, 0.05) is 18.8 Å². The maximum atomic E-state index is 14.5. The van der Waals surface area contributed by atoms with Gasteiger partial charge in [0.2, 0.25) is 0 Å². The maximum absolute atomic E-state index is 14.5. The van der Waals surface area contributed by atoms with Crippen molar-refractivity contribution in [2.24, 2.45) is 13.0 Å². The number of benzene rings is 2. The maximum Gasteiger partial charge on any atom is 0.200 e. The van der Waals surface area contributed by atoms with Gasteiger partial charge >= 0.3 is 0 Å². The van der Waals surface area contributed by atoms with Crippen molar-refractivity contribution in [3.05, 3.63) is 58.6 Å². The lowest BCUT2D eigenvalue weighted by atomic mass is 10.0. The minimum absolute atomic E-state index is 0.0640. The summed E-state index contributed by atoms with van der Waals surface area (Å²) in [6, 6.07) is 10.1. The number of ether oxygens (including phenoxy) is 2. The lowest BCUT2D eigenvalue weighted by molar-refractivity contribution is 0.302. The first-order valence-corrected chi connectivity index (χ1v) is 8.67. The fraction of sp³-hybridized carbons (Fsp3) is 0.286. The van der Waals surface area contributed by atoms with Crippen LogP contribution in [-0.4, -0.2) is 18.3 Å². The highest BCUT2D eigenvalue weighted by Crippen LogP contribution is 2.33. The summed E-state index contributed by atoms with van der Waals surface area (Å²) in [5, 5.41) is 0.0640. The molecule has 1 aliphatic rings. The van der Waals surface area contributed by atoms with Gasteiger partial charge in [0.05, 0.1) is 24.6 Å². The third-order valence-corrected chi connectivity index (χ3v) is 4.81. The van der Waals surface area contributed by atoms with Gasteiger partial charge in [-0.1, -0.05) is 12.1 Å². The number of hydrogen-bond acceptors (Lipinski definition) is 3. The molecule has 0 amide bonds. The first kappa shape index (κ1) is 16.6. The normalized spacial score (nSPS) is 13.8. The Morgan fingerprint density at radius 2 is 1.88 bits per heavy atom. The second-order valence-electron chi connectivity index (χ2n) is 6.73. The van der Waals surface area contributed by atoms with Crippen LogP contribution in [0.5, 0.6) is 11.5 Å². The van der Waals surface area contributed by atoms with Crippen LogP contribution in [0.3, 0.4) is 0 Å². The van der Waals surface area contributed by atoms with Crippen molar-refractivity contribution in [3.63, 3.8) is 0 Å². The summed E-state index contributed by atoms with van der Waals surface area (Å²) in [6.07, 6.45) is 4.06. The quantitative estimate of drug-likeness (QED) is 0.692. The van der Waals surface area contributed by atoms with Crippen molar-refractivity contribution in [1.29, 1.82) is 0 Å². The average Bonchev–Trinajstić information content (AvgIpc) is 3.48. The van der Waals surface area contributed by atoms with E-state index in [1.807, 2.05) is 0 Å². The number of fused-ring (bicyclic) bond motifs is 1. The standard InChI is InChI=1S/C21H20FNO3/c1-23-11-16(14-5-7-15(25-2)8-6-14)21(24)19-17(22)9-10-18(20(19)23)26-12-13-3-4-13/h5-11,13H,3-4,12H2,1-2H3. The van der Waals surface area contributed by atoms with Crippen LogP contribution in [0, 0.1) is 11.7 Å². The number of pyridine rings is 1. The van der Waals surface area contributed by atoms with E-state index in [0.29, 0.717) is 35.1 Å². The fourth-order valence-corrected chi connectivity index (χ4v) is 3.15. The van der Waals surface area contributed by atoms with Gasteiger partial charge in [-0.05, 0) is 48.6 Å². The van der Waals surface area contributed by atoms with E-state index in [1.54, 1.807) is 55.3 Å². The molecule has 0 spiro atoms. The van der Waals surface area contributed by atoms with E-state index in [-0.39, 0.29) is 10.8 Å². The Labute approximate surface area is 150 Å². The molecule has 4 rings (SSSR count). The highest BCUT2D eigenvalue weighted by Gasteiger charge is 2.23. The number of methoxy groups -OCH3 is 1. The molecule has 0 saturated heterocycles. The van der Waals surface area contributed by atoms with Crippen LogP contribution in [0.15, 0.2) is 47.4 Å². The van der Waals surface area contributed by atoms with Crippen molar-refractivity contribution in [2.75, 3.05) is 13.7 Å². The molecule has 1 heterocycles. The zero-order chi connectivity index (χ0) is 18.3. The third-order valence-electron chi connectivity index (χ3n) is 4.81. The predicted molar refractivity (Wildman–Crippen MR) is 99.4 cm³/mol. The van der Waals surface area contributed by atoms with Crippen LogP contribution in [0.1, 0.15) is 12.8 Å². The molecule has 0 N–H and O–H groups in total. The number of aryl methyl sites for hydroxylation is 1. The van der Waals surface area contributed by atoms with Crippen LogP contribution >= 0.6 is 0 Å². The van der Waals surface area contributed by atoms with E-state index in [2.05, 4.69) is 0 Å². The van der Waals surface area contributed by atoms with Gasteiger partial charge in [-0.15, -0.1) is 0 Å². The molecule has 26 heavy (non-hydrogen) atoms. The van der Waals surface area contributed by atoms with E-state index in [4.69, 9.17) is 9.47 Å². The summed E-state index contributed by atoms with van der Waals surface area (Å²) in [6.45, 7) is 0.606. The number of aromatic nitrogens is 1. The molecular weight excluding hydrogens is 333 g/mol. The highest BCUT2D eigenvalue weighted by molar-refractivity contribution is 5.89. The zero-order valence-corrected chi connectivity index (χ0v) is 14.8. The smallest absolute Gasteiger partial charge is 0.200 e. The van der Waals surface area contributed by atoms with Gasteiger partial charge in [0.1, 0.15) is 17.3 Å². The lowest BCUT2D eigenvalue weighted by Crippen LogP contribution is -2.13. The minimum Gasteiger partial charge on any atom is -0.497 e. The Kier molecular flexibility index (Phi) is 4.15. The second-order valence-corrected chi connectivity index (χ2v) is 6.73. The number of rotatable bonds is 5. The Bertz CT molecular complexity index is 1020. The van der Waals surface area contributed by atoms with Crippen LogP contribution in [0.25, 0.3) is 22.0 Å². The average molecular weight is 353 g/mol. The van der Waals surface area contributed by atoms with Crippen molar-refractivity contribution in [3.8, 4) is 22.6 Å². The second kappa shape index (κ2) is 6.48. The minimum atomic E-state index is -0.533. The Hall–Kier alpha value is -2.82. The van der Waals surface area contributed by atoms with E-state index in [0.717, 1.165) is 5.56 Å². The summed E-state index contributed by atoms with van der Waals surface area (Å²) in [5.74, 6) is 1.29. The summed E-state index contributed by atoms with van der Waals surface area (Å²) in [4.78, 5) is 13.0. The van der Waals surface area contributed by atoms with Crippen molar-refractivity contribution in [1.82, 2.24) is 4.57 Å². The van der Waals surface area contributed by atoms with Gasteiger partial charge in [-0.3, -0.25) is 4.79 Å². The molecule has 1 aromatic heterocycles. The van der Waals surface area contributed by atoms with Crippen LogP contribution in [-0.2, 0) is 7.05 Å².